The molecule has 1 fully saturated rings. The fourth-order valence-corrected chi connectivity index (χ4v) is 3.18. The number of benzene rings is 1. The van der Waals surface area contributed by atoms with Gasteiger partial charge in [0.25, 0.3) is 5.91 Å². The van der Waals surface area contributed by atoms with Crippen molar-refractivity contribution in [2.75, 3.05) is 25.0 Å². The van der Waals surface area contributed by atoms with Gasteiger partial charge in [-0.15, -0.1) is 11.3 Å². The van der Waals surface area contributed by atoms with Crippen LogP contribution in [0.1, 0.15) is 29.1 Å². The number of carbonyl (C=O) groups is 2. The second-order valence-electron chi connectivity index (χ2n) is 5.24. The zero-order chi connectivity index (χ0) is 16.2. The SMILES string of the molecule is CC(=O)Nc1nc(C(=O)N2CCOC(c3ccccc3)C2)cs1. The number of hydrogen-bond acceptors (Lipinski definition) is 5. The molecule has 23 heavy (non-hydrogen) atoms. The van der Waals surface area contributed by atoms with Crippen molar-refractivity contribution in [3.63, 3.8) is 0 Å². The van der Waals surface area contributed by atoms with Crippen molar-refractivity contribution < 1.29 is 14.3 Å². The Labute approximate surface area is 138 Å². The number of anilines is 1. The summed E-state index contributed by atoms with van der Waals surface area (Å²) >= 11 is 1.25. The molecule has 3 rings (SSSR count). The summed E-state index contributed by atoms with van der Waals surface area (Å²) in [4.78, 5) is 29.5. The van der Waals surface area contributed by atoms with Crippen molar-refractivity contribution in [2.45, 2.75) is 13.0 Å². The average molecular weight is 331 g/mol. The first-order valence-electron chi connectivity index (χ1n) is 7.32. The van der Waals surface area contributed by atoms with Gasteiger partial charge in [-0.1, -0.05) is 30.3 Å². The standard InChI is InChI=1S/C16H17N3O3S/c1-11(20)17-16-18-13(10-23-16)15(21)19-7-8-22-14(9-19)12-5-3-2-4-6-12/h2-6,10,14H,7-9H2,1H3,(H,17,18,20). The third-order valence-electron chi connectivity index (χ3n) is 3.53. The van der Waals surface area contributed by atoms with Gasteiger partial charge in [-0.3, -0.25) is 9.59 Å². The summed E-state index contributed by atoms with van der Waals surface area (Å²) in [6, 6.07) is 9.86. The molecule has 0 radical (unpaired) electrons. The molecular weight excluding hydrogens is 314 g/mol. The van der Waals surface area contributed by atoms with Gasteiger partial charge in [0, 0.05) is 18.8 Å². The first-order valence-corrected chi connectivity index (χ1v) is 8.20. The number of amides is 2. The number of thiazole rings is 1. The quantitative estimate of drug-likeness (QED) is 0.937. The zero-order valence-corrected chi connectivity index (χ0v) is 13.5. The minimum atomic E-state index is -0.200. The largest absolute Gasteiger partial charge is 0.370 e. The second-order valence-corrected chi connectivity index (χ2v) is 6.10. The van der Waals surface area contributed by atoms with Crippen molar-refractivity contribution in [3.05, 3.63) is 47.0 Å². The Hall–Kier alpha value is -2.25. The van der Waals surface area contributed by atoms with E-state index >= 15 is 0 Å². The van der Waals surface area contributed by atoms with E-state index in [4.69, 9.17) is 4.74 Å². The number of morpholine rings is 1. The minimum Gasteiger partial charge on any atom is -0.370 e. The van der Waals surface area contributed by atoms with Gasteiger partial charge in [0.15, 0.2) is 5.13 Å². The summed E-state index contributed by atoms with van der Waals surface area (Å²) in [5.41, 5.74) is 1.41. The summed E-state index contributed by atoms with van der Waals surface area (Å²) in [6.07, 6.45) is -0.123. The van der Waals surface area contributed by atoms with Crippen LogP contribution < -0.4 is 5.32 Å². The number of ether oxygens (including phenoxy) is 1. The molecule has 7 heteroatoms. The molecule has 2 aromatic rings. The van der Waals surface area contributed by atoms with Crippen LogP contribution in [0.5, 0.6) is 0 Å². The van der Waals surface area contributed by atoms with Crippen molar-refractivity contribution in [1.82, 2.24) is 9.88 Å². The van der Waals surface area contributed by atoms with E-state index in [-0.39, 0.29) is 17.9 Å². The van der Waals surface area contributed by atoms with Crippen LogP contribution in [-0.4, -0.2) is 41.4 Å². The van der Waals surface area contributed by atoms with Gasteiger partial charge in [-0.05, 0) is 5.56 Å². The van der Waals surface area contributed by atoms with Gasteiger partial charge in [0.2, 0.25) is 5.91 Å². The topological polar surface area (TPSA) is 71.5 Å². The van der Waals surface area contributed by atoms with Crippen LogP contribution in [0.2, 0.25) is 0 Å². The highest BCUT2D eigenvalue weighted by Crippen LogP contribution is 2.24. The predicted octanol–water partition coefficient (Wildman–Crippen LogP) is 2.32. The highest BCUT2D eigenvalue weighted by Gasteiger charge is 2.27. The van der Waals surface area contributed by atoms with E-state index in [0.717, 1.165) is 5.56 Å². The summed E-state index contributed by atoms with van der Waals surface area (Å²) in [7, 11) is 0. The minimum absolute atomic E-state index is 0.123. The lowest BCUT2D eigenvalue weighted by Gasteiger charge is -2.32. The summed E-state index contributed by atoms with van der Waals surface area (Å²) < 4.78 is 5.77. The highest BCUT2D eigenvalue weighted by molar-refractivity contribution is 7.14. The first-order chi connectivity index (χ1) is 11.1. The number of hydrogen-bond donors (Lipinski definition) is 1. The Morgan fingerprint density at radius 1 is 1.35 bits per heavy atom. The number of nitrogens with one attached hydrogen (secondary N) is 1. The molecule has 1 aromatic heterocycles. The molecule has 1 atom stereocenters. The molecular formula is C16H17N3O3S. The third kappa shape index (κ3) is 3.75. The van der Waals surface area contributed by atoms with Crippen molar-refractivity contribution in [3.8, 4) is 0 Å². The Morgan fingerprint density at radius 2 is 2.13 bits per heavy atom. The van der Waals surface area contributed by atoms with E-state index in [0.29, 0.717) is 30.5 Å². The van der Waals surface area contributed by atoms with Crippen LogP contribution in [0.3, 0.4) is 0 Å². The maximum Gasteiger partial charge on any atom is 0.273 e. The van der Waals surface area contributed by atoms with E-state index < -0.39 is 0 Å². The lowest BCUT2D eigenvalue weighted by Crippen LogP contribution is -2.42. The molecule has 2 amide bonds. The Kier molecular flexibility index (Phi) is 4.68. The van der Waals surface area contributed by atoms with Crippen LogP contribution in [0.25, 0.3) is 0 Å². The molecule has 0 bridgehead atoms. The molecule has 1 unspecified atom stereocenters. The number of aromatic nitrogens is 1. The molecule has 0 aliphatic carbocycles. The van der Waals surface area contributed by atoms with Gasteiger partial charge in [0.05, 0.1) is 13.2 Å². The fraction of sp³-hybridized carbons (Fsp3) is 0.312. The highest BCUT2D eigenvalue weighted by atomic mass is 32.1. The Bertz CT molecular complexity index is 702. The molecule has 1 aliphatic heterocycles. The van der Waals surface area contributed by atoms with Crippen LogP contribution in [0, 0.1) is 0 Å². The molecule has 1 aromatic carbocycles. The van der Waals surface area contributed by atoms with Crippen LogP contribution in [0.4, 0.5) is 5.13 Å². The molecule has 0 saturated carbocycles. The second kappa shape index (κ2) is 6.89. The summed E-state index contributed by atoms with van der Waals surface area (Å²) in [5.74, 6) is -0.337. The smallest absolute Gasteiger partial charge is 0.273 e. The first kappa shape index (κ1) is 15.6. The molecule has 6 nitrogen and oxygen atoms in total. The maximum absolute atomic E-state index is 12.6. The average Bonchev–Trinajstić information content (AvgIpc) is 3.03. The molecule has 1 N–H and O–H groups in total. The molecule has 0 spiro atoms. The fourth-order valence-electron chi connectivity index (χ4n) is 2.45. The van der Waals surface area contributed by atoms with Crippen molar-refractivity contribution >= 4 is 28.3 Å². The van der Waals surface area contributed by atoms with E-state index in [2.05, 4.69) is 10.3 Å². The van der Waals surface area contributed by atoms with Crippen LogP contribution in [0.15, 0.2) is 35.7 Å². The van der Waals surface area contributed by atoms with Gasteiger partial charge < -0.3 is 15.0 Å². The monoisotopic (exact) mass is 331 g/mol. The number of nitrogens with zero attached hydrogens (tertiary/aromatic N) is 2. The van der Waals surface area contributed by atoms with Crippen LogP contribution in [-0.2, 0) is 9.53 Å². The Morgan fingerprint density at radius 3 is 2.87 bits per heavy atom. The maximum atomic E-state index is 12.6. The van der Waals surface area contributed by atoms with Crippen LogP contribution >= 0.6 is 11.3 Å². The third-order valence-corrected chi connectivity index (χ3v) is 4.29. The molecule has 1 aliphatic rings. The zero-order valence-electron chi connectivity index (χ0n) is 12.7. The van der Waals surface area contributed by atoms with Gasteiger partial charge in [-0.2, -0.15) is 0 Å². The summed E-state index contributed by atoms with van der Waals surface area (Å²) in [6.45, 7) is 2.94. The van der Waals surface area contributed by atoms with Crippen molar-refractivity contribution in [2.24, 2.45) is 0 Å². The molecule has 120 valence electrons. The lowest BCUT2D eigenvalue weighted by molar-refractivity contribution is -0.114. The van der Waals surface area contributed by atoms with Gasteiger partial charge in [0.1, 0.15) is 11.8 Å². The molecule has 1 saturated heterocycles. The number of rotatable bonds is 3. The summed E-state index contributed by atoms with van der Waals surface area (Å²) in [5, 5.41) is 4.70. The molecule has 2 heterocycles. The Balaban J connectivity index is 1.69. The van der Waals surface area contributed by atoms with E-state index in [1.807, 2.05) is 30.3 Å². The number of carbonyl (C=O) groups excluding carboxylic acids is 2. The van der Waals surface area contributed by atoms with Gasteiger partial charge in [-0.25, -0.2) is 4.98 Å². The predicted molar refractivity (Wildman–Crippen MR) is 87.5 cm³/mol. The van der Waals surface area contributed by atoms with E-state index in [1.165, 1.54) is 18.3 Å². The van der Waals surface area contributed by atoms with E-state index in [1.54, 1.807) is 10.3 Å². The lowest BCUT2D eigenvalue weighted by atomic mass is 10.1. The van der Waals surface area contributed by atoms with Gasteiger partial charge >= 0.3 is 0 Å². The van der Waals surface area contributed by atoms with E-state index in [9.17, 15) is 9.59 Å². The normalized spacial score (nSPS) is 17.8. The van der Waals surface area contributed by atoms with Crippen molar-refractivity contribution in [1.29, 1.82) is 0 Å².